The number of nitrogens with one attached hydrogen (secondary N) is 1. The van der Waals surface area contributed by atoms with Gasteiger partial charge in [-0.2, -0.15) is 5.21 Å². The number of aromatic amines is 1. The summed E-state index contributed by atoms with van der Waals surface area (Å²) < 4.78 is 4.81. The zero-order valence-electron chi connectivity index (χ0n) is 10.2. The van der Waals surface area contributed by atoms with E-state index in [9.17, 15) is 4.79 Å². The van der Waals surface area contributed by atoms with Crippen molar-refractivity contribution in [1.29, 1.82) is 0 Å². The predicted octanol–water partition coefficient (Wildman–Crippen LogP) is 1.93. The molecule has 9 heteroatoms. The largest absolute Gasteiger partial charge is 0.449 e. The Labute approximate surface area is 124 Å². The van der Waals surface area contributed by atoms with Crippen LogP contribution in [0.4, 0.5) is 4.79 Å². The number of nitrogens with two attached hydrogens (primary N) is 1. The molecule has 1 heterocycles. The van der Waals surface area contributed by atoms with Crippen LogP contribution in [0.2, 0.25) is 10.0 Å². The lowest BCUT2D eigenvalue weighted by Gasteiger charge is -2.13. The van der Waals surface area contributed by atoms with Crippen molar-refractivity contribution in [2.45, 2.75) is 12.3 Å². The van der Waals surface area contributed by atoms with E-state index in [1.807, 2.05) is 6.07 Å². The number of H-pyrrole nitrogens is 1. The maximum Gasteiger partial charge on any atom is 0.404 e. The van der Waals surface area contributed by atoms with Gasteiger partial charge in [-0.15, -0.1) is 10.2 Å². The summed E-state index contributed by atoms with van der Waals surface area (Å²) in [5, 5.41) is 14.6. The fraction of sp³-hybridized carbons (Fsp3) is 0.273. The van der Waals surface area contributed by atoms with E-state index in [-0.39, 0.29) is 12.5 Å². The Morgan fingerprint density at radius 3 is 2.80 bits per heavy atom. The van der Waals surface area contributed by atoms with Crippen LogP contribution in [0.5, 0.6) is 0 Å². The molecule has 0 bridgehead atoms. The number of ether oxygens (including phenoxy) is 1. The van der Waals surface area contributed by atoms with Crippen molar-refractivity contribution in [3.63, 3.8) is 0 Å². The molecule has 3 N–H and O–H groups in total. The second kappa shape index (κ2) is 6.53. The van der Waals surface area contributed by atoms with Crippen LogP contribution in [0.3, 0.4) is 0 Å². The summed E-state index contributed by atoms with van der Waals surface area (Å²) >= 11 is 11.8. The summed E-state index contributed by atoms with van der Waals surface area (Å²) in [7, 11) is 0. The molecule has 0 saturated heterocycles. The highest BCUT2D eigenvalue weighted by molar-refractivity contribution is 6.42. The number of aromatic nitrogens is 4. The van der Waals surface area contributed by atoms with Gasteiger partial charge in [-0.05, 0) is 24.1 Å². The molecule has 1 atom stereocenters. The molecular weight excluding hydrogens is 305 g/mol. The third-order valence-electron chi connectivity index (χ3n) is 2.62. The van der Waals surface area contributed by atoms with Crippen molar-refractivity contribution in [2.24, 2.45) is 5.73 Å². The number of nitrogens with zero attached hydrogens (tertiary/aromatic N) is 3. The molecule has 0 spiro atoms. The Balaban J connectivity index is 2.14. The maximum absolute atomic E-state index is 10.7. The molecule has 1 amide bonds. The van der Waals surface area contributed by atoms with Crippen LogP contribution in [0.25, 0.3) is 0 Å². The molecule has 1 aromatic carbocycles. The third kappa shape index (κ3) is 3.82. The number of carbonyl (C=O) groups excluding carboxylic acids is 1. The number of amides is 1. The Kier molecular flexibility index (Phi) is 4.75. The lowest BCUT2D eigenvalue weighted by Crippen LogP contribution is -2.20. The number of benzene rings is 1. The van der Waals surface area contributed by atoms with Gasteiger partial charge in [0.1, 0.15) is 6.61 Å². The van der Waals surface area contributed by atoms with Crippen LogP contribution in [0, 0.1) is 0 Å². The van der Waals surface area contributed by atoms with Crippen molar-refractivity contribution in [3.8, 4) is 0 Å². The first-order valence-corrected chi connectivity index (χ1v) is 6.41. The summed E-state index contributed by atoms with van der Waals surface area (Å²) in [5.41, 5.74) is 5.87. The van der Waals surface area contributed by atoms with Crippen molar-refractivity contribution in [1.82, 2.24) is 20.6 Å². The monoisotopic (exact) mass is 315 g/mol. The van der Waals surface area contributed by atoms with Gasteiger partial charge in [0, 0.05) is 0 Å². The number of hydrogen-bond acceptors (Lipinski definition) is 5. The summed E-state index contributed by atoms with van der Waals surface area (Å²) in [6, 6.07) is 5.26. The van der Waals surface area contributed by atoms with Crippen LogP contribution >= 0.6 is 23.2 Å². The fourth-order valence-corrected chi connectivity index (χ4v) is 2.02. The van der Waals surface area contributed by atoms with E-state index in [0.29, 0.717) is 22.3 Å². The normalized spacial score (nSPS) is 12.1. The Hall–Kier alpha value is -1.86. The summed E-state index contributed by atoms with van der Waals surface area (Å²) in [6.07, 6.45) is -0.350. The summed E-state index contributed by atoms with van der Waals surface area (Å²) in [5.74, 6) is 0.149. The van der Waals surface area contributed by atoms with Crippen LogP contribution in [-0.4, -0.2) is 33.3 Å². The summed E-state index contributed by atoms with van der Waals surface area (Å²) in [4.78, 5) is 10.7. The highest BCUT2D eigenvalue weighted by atomic mass is 35.5. The molecule has 0 aliphatic carbocycles. The van der Waals surface area contributed by atoms with Gasteiger partial charge in [-0.1, -0.05) is 34.5 Å². The van der Waals surface area contributed by atoms with E-state index >= 15 is 0 Å². The van der Waals surface area contributed by atoms with Crippen molar-refractivity contribution in [2.75, 3.05) is 6.61 Å². The molecule has 0 aliphatic heterocycles. The molecule has 2 aromatic rings. The van der Waals surface area contributed by atoms with Gasteiger partial charge in [0.05, 0.1) is 16.0 Å². The molecule has 0 fully saturated rings. The first-order chi connectivity index (χ1) is 9.56. The molecule has 20 heavy (non-hydrogen) atoms. The molecule has 1 unspecified atom stereocenters. The van der Waals surface area contributed by atoms with Crippen LogP contribution in [-0.2, 0) is 11.2 Å². The van der Waals surface area contributed by atoms with Gasteiger partial charge in [0.2, 0.25) is 0 Å². The molecule has 0 radical (unpaired) electrons. The molecule has 7 nitrogen and oxygen atoms in total. The van der Waals surface area contributed by atoms with Crippen LogP contribution in [0.1, 0.15) is 17.3 Å². The lowest BCUT2D eigenvalue weighted by molar-refractivity contribution is 0.147. The number of hydrogen-bond donors (Lipinski definition) is 2. The minimum Gasteiger partial charge on any atom is -0.449 e. The minimum absolute atomic E-state index is 0.0507. The molecular formula is C11H11Cl2N5O2. The predicted molar refractivity (Wildman–Crippen MR) is 72.6 cm³/mol. The Morgan fingerprint density at radius 2 is 2.20 bits per heavy atom. The number of rotatable bonds is 5. The van der Waals surface area contributed by atoms with Crippen molar-refractivity contribution >= 4 is 29.3 Å². The van der Waals surface area contributed by atoms with Crippen LogP contribution in [0.15, 0.2) is 18.2 Å². The second-order valence-electron chi connectivity index (χ2n) is 4.05. The Morgan fingerprint density at radius 1 is 1.40 bits per heavy atom. The number of primary amides is 1. The van der Waals surface area contributed by atoms with Crippen molar-refractivity contribution in [3.05, 3.63) is 39.6 Å². The standard InChI is InChI=1S/C11H11Cl2N5O2/c12-8-2-1-6(4-9(8)13)3-7(5-20-11(14)19)10-15-17-18-16-10/h1-2,4,7H,3,5H2,(H2,14,19)(H,15,16,17,18). The van der Waals surface area contributed by atoms with Gasteiger partial charge in [0.15, 0.2) is 5.82 Å². The quantitative estimate of drug-likeness (QED) is 0.876. The molecule has 0 aliphatic rings. The first-order valence-electron chi connectivity index (χ1n) is 5.65. The molecule has 1 aromatic heterocycles. The average Bonchev–Trinajstić information content (AvgIpc) is 2.92. The molecule has 0 saturated carbocycles. The lowest BCUT2D eigenvalue weighted by atomic mass is 9.99. The fourth-order valence-electron chi connectivity index (χ4n) is 1.70. The van der Waals surface area contributed by atoms with E-state index in [4.69, 9.17) is 33.7 Å². The smallest absolute Gasteiger partial charge is 0.404 e. The first kappa shape index (κ1) is 14.5. The zero-order chi connectivity index (χ0) is 14.5. The second-order valence-corrected chi connectivity index (χ2v) is 4.86. The minimum atomic E-state index is -0.854. The van der Waals surface area contributed by atoms with Gasteiger partial charge >= 0.3 is 6.09 Å². The highest BCUT2D eigenvalue weighted by Gasteiger charge is 2.19. The van der Waals surface area contributed by atoms with Gasteiger partial charge in [-0.25, -0.2) is 4.79 Å². The molecule has 106 valence electrons. The van der Waals surface area contributed by atoms with Crippen molar-refractivity contribution < 1.29 is 9.53 Å². The van der Waals surface area contributed by atoms with Gasteiger partial charge in [0.25, 0.3) is 0 Å². The SMILES string of the molecule is NC(=O)OCC(Cc1ccc(Cl)c(Cl)c1)c1nn[nH]n1. The van der Waals surface area contributed by atoms with E-state index < -0.39 is 6.09 Å². The third-order valence-corrected chi connectivity index (χ3v) is 3.36. The number of tetrazole rings is 1. The molecule has 2 rings (SSSR count). The Bertz CT molecular complexity index is 591. The zero-order valence-corrected chi connectivity index (χ0v) is 11.7. The highest BCUT2D eigenvalue weighted by Crippen LogP contribution is 2.25. The topological polar surface area (TPSA) is 107 Å². The number of halogens is 2. The number of carbonyl (C=O) groups is 1. The maximum atomic E-state index is 10.7. The van der Waals surface area contributed by atoms with Gasteiger partial charge in [-0.3, -0.25) is 0 Å². The average molecular weight is 316 g/mol. The van der Waals surface area contributed by atoms with Gasteiger partial charge < -0.3 is 10.5 Å². The van der Waals surface area contributed by atoms with E-state index in [2.05, 4.69) is 20.6 Å². The summed E-state index contributed by atoms with van der Waals surface area (Å²) in [6.45, 7) is 0.0507. The van der Waals surface area contributed by atoms with E-state index in [1.54, 1.807) is 12.1 Å². The van der Waals surface area contributed by atoms with E-state index in [1.165, 1.54) is 0 Å². The van der Waals surface area contributed by atoms with E-state index in [0.717, 1.165) is 5.56 Å². The van der Waals surface area contributed by atoms with Crippen LogP contribution < -0.4 is 5.73 Å².